The molecule has 4 aliphatic rings. The van der Waals surface area contributed by atoms with E-state index in [0.29, 0.717) is 12.5 Å². The number of pyridine rings is 1. The fourth-order valence-corrected chi connectivity index (χ4v) is 2.17. The van der Waals surface area contributed by atoms with Gasteiger partial charge in [-0.15, -0.1) is 0 Å². The molecule has 6 rings (SSSR count). The minimum atomic E-state index is -0.399. The molecule has 24 heavy (non-hydrogen) atoms. The Bertz CT molecular complexity index is 592. The topological polar surface area (TPSA) is 22.1 Å². The SMILES string of the molecule is CB1CCc2ccc(cc2)Oc2ncc1cc2F.CC.C[CH-]C.[K+]. The summed E-state index contributed by atoms with van der Waals surface area (Å²) in [4.78, 5) is 4.07. The molecule has 5 heteroatoms. The van der Waals surface area contributed by atoms with E-state index < -0.39 is 5.82 Å². The van der Waals surface area contributed by atoms with Crippen LogP contribution in [0.3, 0.4) is 0 Å². The molecular formula is C19H26BFKNO. The quantitative estimate of drug-likeness (QED) is 0.535. The van der Waals surface area contributed by atoms with E-state index in [1.807, 2.05) is 58.4 Å². The maximum Gasteiger partial charge on any atom is 1.00 e. The Morgan fingerprint density at radius 3 is 2.29 bits per heavy atom. The molecule has 0 saturated carbocycles. The summed E-state index contributed by atoms with van der Waals surface area (Å²) in [6, 6.07) is 9.29. The summed E-state index contributed by atoms with van der Waals surface area (Å²) in [5, 5.41) is 0. The summed E-state index contributed by atoms with van der Waals surface area (Å²) in [5.74, 6) is 0.259. The van der Waals surface area contributed by atoms with Gasteiger partial charge in [-0.2, -0.15) is 13.8 Å². The Morgan fingerprint density at radius 2 is 1.75 bits per heavy atom. The van der Waals surface area contributed by atoms with E-state index in [0.717, 1.165) is 18.2 Å². The molecule has 124 valence electrons. The third kappa shape index (κ3) is 7.36. The van der Waals surface area contributed by atoms with E-state index in [1.54, 1.807) is 6.20 Å². The Kier molecular flexibility index (Phi) is 13.0. The molecule has 0 unspecified atom stereocenters. The number of nitrogens with zero attached hydrogens (tertiary/aromatic N) is 1. The Labute approximate surface area is 189 Å². The Morgan fingerprint density at radius 1 is 1.17 bits per heavy atom. The number of benzene rings is 1. The molecule has 2 nitrogen and oxygen atoms in total. The first-order valence-electron chi connectivity index (χ1n) is 8.30. The van der Waals surface area contributed by atoms with Crippen LogP contribution in [0.2, 0.25) is 13.1 Å². The number of hydrogen-bond donors (Lipinski definition) is 0. The third-order valence-electron chi connectivity index (χ3n) is 3.40. The Balaban J connectivity index is 0.000000799. The van der Waals surface area contributed by atoms with Gasteiger partial charge in [0.25, 0.3) is 5.88 Å². The minimum absolute atomic E-state index is 0. The molecule has 1 aromatic heterocycles. The Hall–Kier alpha value is -0.199. The normalized spacial score (nSPS) is 11.5. The van der Waals surface area contributed by atoms with Crippen LogP contribution in [0.1, 0.15) is 33.3 Å². The van der Waals surface area contributed by atoms with Gasteiger partial charge in [0.1, 0.15) is 5.75 Å². The van der Waals surface area contributed by atoms with Gasteiger partial charge in [-0.05, 0) is 30.2 Å². The van der Waals surface area contributed by atoms with E-state index in [-0.39, 0.29) is 57.3 Å². The molecule has 0 fully saturated rings. The number of hydrogen-bond acceptors (Lipinski definition) is 2. The summed E-state index contributed by atoms with van der Waals surface area (Å²) >= 11 is 0. The van der Waals surface area contributed by atoms with Gasteiger partial charge in [0.2, 0.25) is 0 Å². The molecule has 0 amide bonds. The summed E-state index contributed by atoms with van der Waals surface area (Å²) in [6.07, 6.45) is 5.67. The van der Waals surface area contributed by atoms with E-state index in [1.165, 1.54) is 11.6 Å². The maximum absolute atomic E-state index is 13.9. The number of rotatable bonds is 0. The van der Waals surface area contributed by atoms with Gasteiger partial charge in [-0.1, -0.05) is 44.6 Å². The number of aromatic nitrogens is 1. The van der Waals surface area contributed by atoms with Crippen molar-refractivity contribution in [3.8, 4) is 11.6 Å². The molecule has 1 aromatic carbocycles. The van der Waals surface area contributed by atoms with E-state index in [4.69, 9.17) is 4.74 Å². The van der Waals surface area contributed by atoms with Crippen LogP contribution in [0.15, 0.2) is 36.5 Å². The molecule has 4 aliphatic heterocycles. The molecule has 2 aromatic rings. The van der Waals surface area contributed by atoms with Crippen LogP contribution in [0, 0.1) is 12.2 Å². The fraction of sp³-hybridized carbons (Fsp3) is 0.368. The molecule has 4 bridgehead atoms. The summed E-state index contributed by atoms with van der Waals surface area (Å²) in [5.41, 5.74) is 2.20. The van der Waals surface area contributed by atoms with E-state index in [2.05, 4.69) is 11.8 Å². The van der Waals surface area contributed by atoms with Crippen molar-refractivity contribution < 1.29 is 60.5 Å². The average Bonchev–Trinajstić information content (AvgIpc) is 2.57. The minimum Gasteiger partial charge on any atom is -0.436 e. The van der Waals surface area contributed by atoms with Crippen LogP contribution in [-0.4, -0.2) is 11.7 Å². The van der Waals surface area contributed by atoms with Crippen molar-refractivity contribution in [1.82, 2.24) is 4.98 Å². The largest absolute Gasteiger partial charge is 1.00 e. The van der Waals surface area contributed by atoms with Gasteiger partial charge in [0.15, 0.2) is 12.5 Å². The molecule has 0 aliphatic carbocycles. The fourth-order valence-electron chi connectivity index (χ4n) is 2.17. The number of halogens is 1. The molecule has 0 N–H and O–H groups in total. The van der Waals surface area contributed by atoms with Crippen molar-refractivity contribution >= 4 is 12.2 Å². The molecule has 0 saturated heterocycles. The number of aryl methyl sites for hydroxylation is 1. The van der Waals surface area contributed by atoms with Gasteiger partial charge in [0.05, 0.1) is 0 Å². The number of ether oxygens (including phenoxy) is 1. The van der Waals surface area contributed by atoms with Crippen molar-refractivity contribution in [2.45, 2.75) is 47.3 Å². The third-order valence-corrected chi connectivity index (χ3v) is 3.40. The van der Waals surface area contributed by atoms with Gasteiger partial charge in [-0.25, -0.2) is 9.37 Å². The molecule has 0 atom stereocenters. The van der Waals surface area contributed by atoms with Gasteiger partial charge >= 0.3 is 51.4 Å². The smallest absolute Gasteiger partial charge is 0.436 e. The maximum atomic E-state index is 13.9. The predicted molar refractivity (Wildman–Crippen MR) is 97.5 cm³/mol. The van der Waals surface area contributed by atoms with Crippen molar-refractivity contribution in [1.29, 1.82) is 0 Å². The average molecular weight is 353 g/mol. The zero-order valence-corrected chi connectivity index (χ0v) is 18.9. The van der Waals surface area contributed by atoms with Crippen LogP contribution in [0.4, 0.5) is 4.39 Å². The second-order valence-electron chi connectivity index (χ2n) is 5.32. The predicted octanol–water partition coefficient (Wildman–Crippen LogP) is 2.16. The van der Waals surface area contributed by atoms with Crippen LogP contribution < -0.4 is 61.6 Å². The van der Waals surface area contributed by atoms with Crippen molar-refractivity contribution in [3.63, 3.8) is 0 Å². The molecular weight excluding hydrogens is 327 g/mol. The summed E-state index contributed by atoms with van der Waals surface area (Å²) < 4.78 is 19.3. The molecule has 0 radical (unpaired) electrons. The first kappa shape index (κ1) is 23.8. The zero-order chi connectivity index (χ0) is 17.2. The first-order valence-corrected chi connectivity index (χ1v) is 8.30. The van der Waals surface area contributed by atoms with Crippen molar-refractivity contribution in [2.24, 2.45) is 0 Å². The van der Waals surface area contributed by atoms with Crippen molar-refractivity contribution in [2.75, 3.05) is 0 Å². The summed E-state index contributed by atoms with van der Waals surface area (Å²) in [6.45, 7) is 10.4. The molecule has 0 spiro atoms. The zero-order valence-electron chi connectivity index (χ0n) is 15.8. The van der Waals surface area contributed by atoms with Crippen LogP contribution >= 0.6 is 0 Å². The van der Waals surface area contributed by atoms with Gasteiger partial charge in [0, 0.05) is 6.20 Å². The standard InChI is InChI=1S/C14H13BFNO.C3H7.C2H6.K/c1-15-7-6-10-2-4-12(5-3-10)18-14-13(16)8-11(15)9-17-14;1-3-2;1-2;/h2-5,8-9H,6-7H2,1H3;3H,1-2H3;1-2H3;/q;-1;;+1. The van der Waals surface area contributed by atoms with E-state index >= 15 is 0 Å². The van der Waals surface area contributed by atoms with Crippen LogP contribution in [0.25, 0.3) is 0 Å². The summed E-state index contributed by atoms with van der Waals surface area (Å²) in [7, 11) is 0. The first-order chi connectivity index (χ1) is 11.1. The van der Waals surface area contributed by atoms with Gasteiger partial charge in [-0.3, -0.25) is 0 Å². The second-order valence-corrected chi connectivity index (χ2v) is 5.32. The van der Waals surface area contributed by atoms with Crippen LogP contribution in [-0.2, 0) is 6.42 Å². The second kappa shape index (κ2) is 13.1. The van der Waals surface area contributed by atoms with Gasteiger partial charge < -0.3 is 11.2 Å². The monoisotopic (exact) mass is 353 g/mol. The van der Waals surface area contributed by atoms with Crippen molar-refractivity contribution in [3.05, 3.63) is 54.3 Å². The van der Waals surface area contributed by atoms with Crippen LogP contribution in [0.5, 0.6) is 11.6 Å². The van der Waals surface area contributed by atoms with E-state index in [9.17, 15) is 4.39 Å². The molecule has 5 heterocycles.